The van der Waals surface area contributed by atoms with Crippen LogP contribution in [-0.4, -0.2) is 29.9 Å². The number of fused-ring (bicyclic) bond motifs is 2. The van der Waals surface area contributed by atoms with Crippen LogP contribution < -0.4 is 5.73 Å². The molecule has 0 aromatic carbocycles. The molecule has 4 rings (SSSR count). The van der Waals surface area contributed by atoms with Gasteiger partial charge in [0.2, 0.25) is 0 Å². The average molecular weight is 304 g/mol. The van der Waals surface area contributed by atoms with E-state index in [2.05, 4.69) is 11.0 Å². The number of hydrogen-bond donors (Lipinski definition) is 1. The highest BCUT2D eigenvalue weighted by atomic mass is 32.1. The van der Waals surface area contributed by atoms with E-state index >= 15 is 0 Å². The zero-order valence-electron chi connectivity index (χ0n) is 12.5. The van der Waals surface area contributed by atoms with Crippen molar-refractivity contribution in [2.45, 2.75) is 51.0 Å². The average Bonchev–Trinajstić information content (AvgIpc) is 3.09. The summed E-state index contributed by atoms with van der Waals surface area (Å²) in [7, 11) is 0. The monoisotopic (exact) mass is 304 g/mol. The normalized spacial score (nSPS) is 31.9. The van der Waals surface area contributed by atoms with Gasteiger partial charge in [-0.15, -0.1) is 11.3 Å². The second-order valence-corrected chi connectivity index (χ2v) is 8.21. The van der Waals surface area contributed by atoms with Gasteiger partial charge in [0, 0.05) is 24.0 Å². The third-order valence-electron chi connectivity index (χ3n) is 5.58. The van der Waals surface area contributed by atoms with Gasteiger partial charge >= 0.3 is 0 Å². The van der Waals surface area contributed by atoms with Gasteiger partial charge in [-0.3, -0.25) is 4.79 Å². The van der Waals surface area contributed by atoms with E-state index < -0.39 is 0 Å². The lowest BCUT2D eigenvalue weighted by molar-refractivity contribution is 0.0788. The molecule has 1 aromatic rings. The summed E-state index contributed by atoms with van der Waals surface area (Å²) in [4.78, 5) is 17.3. The van der Waals surface area contributed by atoms with Crippen LogP contribution in [0.5, 0.6) is 0 Å². The Bertz CT molecular complexity index is 529. The molecular formula is C17H24N2OS. The third-order valence-corrected chi connectivity index (χ3v) is 6.81. The van der Waals surface area contributed by atoms with Crippen LogP contribution >= 0.6 is 11.3 Å². The summed E-state index contributed by atoms with van der Waals surface area (Å²) in [5.74, 6) is 1.62. The summed E-state index contributed by atoms with van der Waals surface area (Å²) in [5.41, 5.74) is 7.53. The number of aryl methyl sites for hydroxylation is 2. The first-order valence-electron chi connectivity index (χ1n) is 8.37. The van der Waals surface area contributed by atoms with Crippen molar-refractivity contribution in [2.24, 2.45) is 17.6 Å². The molecule has 1 saturated carbocycles. The first kappa shape index (κ1) is 13.8. The smallest absolute Gasteiger partial charge is 0.263 e. The number of rotatable bonds is 1. The molecule has 0 radical (unpaired) electrons. The highest BCUT2D eigenvalue weighted by Gasteiger charge is 2.39. The number of carbonyl (C=O) groups is 1. The highest BCUT2D eigenvalue weighted by Crippen LogP contribution is 2.37. The van der Waals surface area contributed by atoms with E-state index in [1.165, 1.54) is 42.5 Å². The molecule has 1 saturated heterocycles. The first-order valence-corrected chi connectivity index (χ1v) is 9.19. The second-order valence-electron chi connectivity index (χ2n) is 7.07. The number of likely N-dealkylation sites (tertiary alicyclic amines) is 1. The number of thiophene rings is 1. The Morgan fingerprint density at radius 1 is 1.19 bits per heavy atom. The highest BCUT2D eigenvalue weighted by molar-refractivity contribution is 7.14. The molecule has 3 nitrogen and oxygen atoms in total. The fourth-order valence-corrected chi connectivity index (χ4v) is 5.61. The van der Waals surface area contributed by atoms with Crippen molar-refractivity contribution < 1.29 is 4.79 Å². The predicted octanol–water partition coefficient (Wildman–Crippen LogP) is 2.83. The molecule has 3 aliphatic rings. The van der Waals surface area contributed by atoms with Crippen LogP contribution in [0.1, 0.15) is 52.2 Å². The summed E-state index contributed by atoms with van der Waals surface area (Å²) in [5, 5.41) is 0. The third kappa shape index (κ3) is 2.53. The molecule has 1 unspecified atom stereocenters. The van der Waals surface area contributed by atoms with Gasteiger partial charge in [0.15, 0.2) is 0 Å². The Balaban J connectivity index is 1.49. The molecule has 1 aliphatic heterocycles. The fourth-order valence-electron chi connectivity index (χ4n) is 4.39. The van der Waals surface area contributed by atoms with Gasteiger partial charge in [-0.25, -0.2) is 0 Å². The Kier molecular flexibility index (Phi) is 3.54. The SMILES string of the molecule is NC1CC[C@@H]2CN(C(=O)c3cc4c(s3)CCCC4)C[C@@H]2C1. The Morgan fingerprint density at radius 2 is 2.00 bits per heavy atom. The standard InChI is InChI=1S/C17H24N2OS/c18-14-6-5-12-9-19(10-13(12)7-14)17(20)16-8-11-3-1-2-4-15(11)21-16/h8,12-14H,1-7,9-10,18H2/t12-,13+,14?/m1/s1. The van der Waals surface area contributed by atoms with Gasteiger partial charge in [-0.2, -0.15) is 0 Å². The van der Waals surface area contributed by atoms with Crippen molar-refractivity contribution in [2.75, 3.05) is 13.1 Å². The van der Waals surface area contributed by atoms with Crippen LogP contribution in [-0.2, 0) is 12.8 Å². The molecule has 2 fully saturated rings. The number of amides is 1. The lowest BCUT2D eigenvalue weighted by atomic mass is 9.79. The summed E-state index contributed by atoms with van der Waals surface area (Å²) in [6.45, 7) is 1.89. The van der Waals surface area contributed by atoms with Gasteiger partial charge in [-0.05, 0) is 68.4 Å². The first-order chi connectivity index (χ1) is 10.2. The largest absolute Gasteiger partial charge is 0.337 e. The van der Waals surface area contributed by atoms with E-state index in [4.69, 9.17) is 5.73 Å². The van der Waals surface area contributed by atoms with E-state index in [1.54, 1.807) is 11.3 Å². The van der Waals surface area contributed by atoms with E-state index in [0.29, 0.717) is 17.9 Å². The quantitative estimate of drug-likeness (QED) is 0.867. The molecule has 21 heavy (non-hydrogen) atoms. The zero-order chi connectivity index (χ0) is 14.4. The van der Waals surface area contributed by atoms with Gasteiger partial charge in [0.05, 0.1) is 4.88 Å². The molecule has 3 atom stereocenters. The maximum atomic E-state index is 12.8. The van der Waals surface area contributed by atoms with Gasteiger partial charge < -0.3 is 10.6 Å². The van der Waals surface area contributed by atoms with Crippen LogP contribution in [0, 0.1) is 11.8 Å². The van der Waals surface area contributed by atoms with E-state index in [-0.39, 0.29) is 5.91 Å². The van der Waals surface area contributed by atoms with Crippen molar-refractivity contribution in [1.29, 1.82) is 0 Å². The van der Waals surface area contributed by atoms with Crippen LogP contribution in [0.25, 0.3) is 0 Å². The molecule has 1 amide bonds. The lowest BCUT2D eigenvalue weighted by Gasteiger charge is -2.27. The van der Waals surface area contributed by atoms with Crippen molar-refractivity contribution in [1.82, 2.24) is 4.90 Å². The van der Waals surface area contributed by atoms with Crippen LogP contribution in [0.4, 0.5) is 0 Å². The molecule has 1 aromatic heterocycles. The summed E-state index contributed by atoms with van der Waals surface area (Å²) < 4.78 is 0. The summed E-state index contributed by atoms with van der Waals surface area (Å²) >= 11 is 1.75. The molecule has 0 bridgehead atoms. The molecule has 2 aliphatic carbocycles. The second kappa shape index (κ2) is 5.40. The molecule has 2 heterocycles. The Hall–Kier alpha value is -0.870. The minimum Gasteiger partial charge on any atom is -0.337 e. The van der Waals surface area contributed by atoms with Crippen molar-refractivity contribution in [3.05, 3.63) is 21.4 Å². The number of hydrogen-bond acceptors (Lipinski definition) is 3. The summed E-state index contributed by atoms with van der Waals surface area (Å²) in [6.07, 6.45) is 8.35. The molecule has 0 spiro atoms. The van der Waals surface area contributed by atoms with Gasteiger partial charge in [0.25, 0.3) is 5.91 Å². The Labute approximate surface area is 130 Å². The fraction of sp³-hybridized carbons (Fsp3) is 0.706. The van der Waals surface area contributed by atoms with Crippen LogP contribution in [0.2, 0.25) is 0 Å². The molecular weight excluding hydrogens is 280 g/mol. The molecule has 4 heteroatoms. The van der Waals surface area contributed by atoms with Crippen molar-refractivity contribution in [3.8, 4) is 0 Å². The van der Waals surface area contributed by atoms with Crippen LogP contribution in [0.15, 0.2) is 6.07 Å². The zero-order valence-corrected chi connectivity index (χ0v) is 13.3. The predicted molar refractivity (Wildman–Crippen MR) is 85.7 cm³/mol. The van der Waals surface area contributed by atoms with E-state index in [9.17, 15) is 4.79 Å². The van der Waals surface area contributed by atoms with E-state index in [1.807, 2.05) is 0 Å². The minimum atomic E-state index is 0.275. The van der Waals surface area contributed by atoms with Crippen molar-refractivity contribution in [3.63, 3.8) is 0 Å². The maximum absolute atomic E-state index is 12.8. The van der Waals surface area contributed by atoms with Gasteiger partial charge in [-0.1, -0.05) is 0 Å². The number of nitrogens with two attached hydrogens (primary N) is 1. The van der Waals surface area contributed by atoms with Crippen LogP contribution in [0.3, 0.4) is 0 Å². The lowest BCUT2D eigenvalue weighted by Crippen LogP contribution is -2.32. The number of carbonyl (C=O) groups excluding carboxylic acids is 1. The Morgan fingerprint density at radius 3 is 2.86 bits per heavy atom. The maximum Gasteiger partial charge on any atom is 0.263 e. The number of nitrogens with zero attached hydrogens (tertiary/aromatic N) is 1. The molecule has 2 N–H and O–H groups in total. The van der Waals surface area contributed by atoms with Gasteiger partial charge in [0.1, 0.15) is 0 Å². The van der Waals surface area contributed by atoms with Crippen molar-refractivity contribution >= 4 is 17.2 Å². The molecule has 114 valence electrons. The topological polar surface area (TPSA) is 46.3 Å². The summed E-state index contributed by atoms with van der Waals surface area (Å²) in [6, 6.07) is 2.53. The van der Waals surface area contributed by atoms with E-state index in [0.717, 1.165) is 30.8 Å². The minimum absolute atomic E-state index is 0.275.